The van der Waals surface area contributed by atoms with Crippen molar-refractivity contribution in [3.05, 3.63) is 29.3 Å². The molecule has 0 aliphatic heterocycles. The van der Waals surface area contributed by atoms with Gasteiger partial charge in [-0.15, -0.1) is 0 Å². The number of aliphatic hydroxyl groups excluding tert-OH is 1. The largest absolute Gasteiger partial charge is 0.395 e. The number of carbonyl (C=O) groups is 1. The molecular weight excluding hydrogens is 278 g/mol. The molecule has 0 atom stereocenters. The van der Waals surface area contributed by atoms with Gasteiger partial charge in [-0.05, 0) is 25.5 Å². The van der Waals surface area contributed by atoms with E-state index in [-0.39, 0.29) is 24.4 Å². The number of hydrogen-bond donors (Lipinski definition) is 2. The Hall–Kier alpha value is -1.69. The Morgan fingerprint density at radius 3 is 2.33 bits per heavy atom. The van der Waals surface area contributed by atoms with Crippen LogP contribution in [0.5, 0.6) is 0 Å². The van der Waals surface area contributed by atoms with Crippen LogP contribution < -0.4 is 5.32 Å². The van der Waals surface area contributed by atoms with Crippen molar-refractivity contribution in [3.63, 3.8) is 0 Å². The predicted octanol–water partition coefficient (Wildman–Crippen LogP) is 2.63. The number of amides is 1. The highest BCUT2D eigenvalue weighted by Crippen LogP contribution is 2.21. The number of aliphatic hydroxyl groups is 1. The number of unbranched alkanes of at least 4 members (excludes halogenated alkanes) is 1. The number of benzene rings is 1. The fourth-order valence-electron chi connectivity index (χ4n) is 2.01. The van der Waals surface area contributed by atoms with Crippen LogP contribution in [0.4, 0.5) is 14.5 Å². The van der Waals surface area contributed by atoms with Crippen molar-refractivity contribution < 1.29 is 18.7 Å². The van der Waals surface area contributed by atoms with Crippen molar-refractivity contribution in [1.29, 1.82) is 0 Å². The van der Waals surface area contributed by atoms with Crippen molar-refractivity contribution in [2.75, 3.05) is 31.6 Å². The van der Waals surface area contributed by atoms with E-state index in [1.165, 1.54) is 4.90 Å². The van der Waals surface area contributed by atoms with Gasteiger partial charge in [0.05, 0.1) is 6.61 Å². The Balaban J connectivity index is 2.99. The van der Waals surface area contributed by atoms with Gasteiger partial charge in [-0.25, -0.2) is 8.78 Å². The molecule has 118 valence electrons. The fraction of sp³-hybridized carbons (Fsp3) is 0.533. The van der Waals surface area contributed by atoms with Gasteiger partial charge in [-0.1, -0.05) is 13.3 Å². The lowest BCUT2D eigenvalue weighted by molar-refractivity contribution is 0.0718. The molecule has 1 amide bonds. The van der Waals surface area contributed by atoms with Crippen LogP contribution >= 0.6 is 0 Å². The van der Waals surface area contributed by atoms with Crippen LogP contribution in [0.1, 0.15) is 37.0 Å². The number of rotatable bonds is 8. The Bertz CT molecular complexity index is 458. The maximum Gasteiger partial charge on any atom is 0.254 e. The summed E-state index contributed by atoms with van der Waals surface area (Å²) in [4.78, 5) is 13.7. The molecule has 21 heavy (non-hydrogen) atoms. The number of nitrogens with zero attached hydrogens (tertiary/aromatic N) is 1. The van der Waals surface area contributed by atoms with Crippen LogP contribution in [0, 0.1) is 11.6 Å². The van der Waals surface area contributed by atoms with E-state index >= 15 is 0 Å². The molecule has 0 saturated carbocycles. The lowest BCUT2D eigenvalue weighted by Crippen LogP contribution is -2.34. The van der Waals surface area contributed by atoms with Gasteiger partial charge < -0.3 is 15.3 Å². The molecule has 0 spiro atoms. The summed E-state index contributed by atoms with van der Waals surface area (Å²) in [5, 5.41) is 11.6. The van der Waals surface area contributed by atoms with Gasteiger partial charge >= 0.3 is 0 Å². The second-order valence-corrected chi connectivity index (χ2v) is 4.71. The summed E-state index contributed by atoms with van der Waals surface area (Å²) in [5.41, 5.74) is -0.271. The summed E-state index contributed by atoms with van der Waals surface area (Å²) in [7, 11) is 0. The molecule has 1 aromatic rings. The van der Waals surface area contributed by atoms with Gasteiger partial charge in [0.15, 0.2) is 0 Å². The predicted molar refractivity (Wildman–Crippen MR) is 78.4 cm³/mol. The number of anilines is 1. The van der Waals surface area contributed by atoms with Crippen LogP contribution in [0.3, 0.4) is 0 Å². The molecule has 4 nitrogen and oxygen atoms in total. The summed E-state index contributed by atoms with van der Waals surface area (Å²) >= 11 is 0. The van der Waals surface area contributed by atoms with Gasteiger partial charge in [-0.3, -0.25) is 4.79 Å². The lowest BCUT2D eigenvalue weighted by atomic mass is 10.1. The third kappa shape index (κ3) is 4.67. The first-order valence-corrected chi connectivity index (χ1v) is 7.18. The highest BCUT2D eigenvalue weighted by molar-refractivity contribution is 5.94. The lowest BCUT2D eigenvalue weighted by Gasteiger charge is -2.22. The molecule has 0 aliphatic rings. The molecule has 0 aliphatic carbocycles. The topological polar surface area (TPSA) is 52.6 Å². The van der Waals surface area contributed by atoms with E-state index in [2.05, 4.69) is 5.32 Å². The van der Waals surface area contributed by atoms with E-state index in [1.54, 1.807) is 6.92 Å². The van der Waals surface area contributed by atoms with Crippen LogP contribution in [0.15, 0.2) is 12.1 Å². The summed E-state index contributed by atoms with van der Waals surface area (Å²) in [6, 6.07) is 2.06. The first kappa shape index (κ1) is 17.4. The number of halogens is 2. The van der Waals surface area contributed by atoms with Crippen LogP contribution in [0.2, 0.25) is 0 Å². The molecule has 0 unspecified atom stereocenters. The fourth-order valence-corrected chi connectivity index (χ4v) is 2.01. The van der Waals surface area contributed by atoms with E-state index in [0.717, 1.165) is 25.0 Å². The molecule has 6 heteroatoms. The molecule has 0 radical (unpaired) electrons. The summed E-state index contributed by atoms with van der Waals surface area (Å²) in [6.45, 7) is 4.51. The van der Waals surface area contributed by atoms with E-state index in [9.17, 15) is 13.6 Å². The van der Waals surface area contributed by atoms with E-state index < -0.39 is 17.5 Å². The standard InChI is InChI=1S/C15H22F2N2O2/c1-3-5-6-19(7-8-20)15(21)11-9-12(16)14(18-4-2)13(17)10-11/h9-10,18,20H,3-8H2,1-2H3. The molecule has 0 bridgehead atoms. The molecule has 0 fully saturated rings. The van der Waals surface area contributed by atoms with Crippen LogP contribution in [-0.4, -0.2) is 42.2 Å². The molecule has 0 saturated heterocycles. The highest BCUT2D eigenvalue weighted by Gasteiger charge is 2.19. The van der Waals surface area contributed by atoms with Gasteiger partial charge in [-0.2, -0.15) is 0 Å². The van der Waals surface area contributed by atoms with Crippen molar-refractivity contribution in [3.8, 4) is 0 Å². The summed E-state index contributed by atoms with van der Waals surface area (Å²) in [5.74, 6) is -2.06. The SMILES string of the molecule is CCCCN(CCO)C(=O)c1cc(F)c(NCC)c(F)c1. The molecular formula is C15H22F2N2O2. The highest BCUT2D eigenvalue weighted by atomic mass is 19.1. The van der Waals surface area contributed by atoms with Crippen molar-refractivity contribution >= 4 is 11.6 Å². The van der Waals surface area contributed by atoms with E-state index in [0.29, 0.717) is 13.1 Å². The Morgan fingerprint density at radius 1 is 1.24 bits per heavy atom. The van der Waals surface area contributed by atoms with Gasteiger partial charge in [0.2, 0.25) is 0 Å². The maximum atomic E-state index is 13.8. The van der Waals surface area contributed by atoms with Crippen molar-refractivity contribution in [2.24, 2.45) is 0 Å². The molecule has 0 aromatic heterocycles. The Kier molecular flexibility index (Phi) is 7.08. The van der Waals surface area contributed by atoms with Crippen LogP contribution in [0.25, 0.3) is 0 Å². The average molecular weight is 300 g/mol. The minimum absolute atomic E-state index is 0.0452. The normalized spacial score (nSPS) is 10.5. The zero-order chi connectivity index (χ0) is 15.8. The minimum Gasteiger partial charge on any atom is -0.395 e. The molecule has 2 N–H and O–H groups in total. The summed E-state index contributed by atoms with van der Waals surface area (Å²) < 4.78 is 27.7. The smallest absolute Gasteiger partial charge is 0.254 e. The van der Waals surface area contributed by atoms with Crippen molar-refractivity contribution in [1.82, 2.24) is 4.90 Å². The Morgan fingerprint density at radius 2 is 1.86 bits per heavy atom. The third-order valence-electron chi connectivity index (χ3n) is 3.08. The maximum absolute atomic E-state index is 13.8. The quantitative estimate of drug-likeness (QED) is 0.776. The van der Waals surface area contributed by atoms with Crippen LogP contribution in [-0.2, 0) is 0 Å². The van der Waals surface area contributed by atoms with Crippen molar-refractivity contribution in [2.45, 2.75) is 26.7 Å². The summed E-state index contributed by atoms with van der Waals surface area (Å²) in [6.07, 6.45) is 1.66. The van der Waals surface area contributed by atoms with E-state index in [1.807, 2.05) is 6.92 Å². The zero-order valence-electron chi connectivity index (χ0n) is 12.5. The molecule has 1 rings (SSSR count). The zero-order valence-corrected chi connectivity index (χ0v) is 12.5. The minimum atomic E-state index is -0.792. The first-order valence-electron chi connectivity index (χ1n) is 7.18. The number of nitrogens with one attached hydrogen (secondary N) is 1. The molecule has 1 aromatic carbocycles. The third-order valence-corrected chi connectivity index (χ3v) is 3.08. The average Bonchev–Trinajstić information content (AvgIpc) is 2.46. The molecule has 0 heterocycles. The second kappa shape index (κ2) is 8.56. The monoisotopic (exact) mass is 300 g/mol. The van der Waals surface area contributed by atoms with Gasteiger partial charge in [0, 0.05) is 25.2 Å². The number of carbonyl (C=O) groups excluding carboxylic acids is 1. The number of hydrogen-bond acceptors (Lipinski definition) is 3. The van der Waals surface area contributed by atoms with Gasteiger partial charge in [0.1, 0.15) is 17.3 Å². The second-order valence-electron chi connectivity index (χ2n) is 4.71. The van der Waals surface area contributed by atoms with E-state index in [4.69, 9.17) is 5.11 Å². The van der Waals surface area contributed by atoms with Gasteiger partial charge in [0.25, 0.3) is 5.91 Å². The first-order chi connectivity index (χ1) is 10.0. The Labute approximate surface area is 123 Å².